The molecular weight excluding hydrogens is 231 g/mol. The van der Waals surface area contributed by atoms with Crippen LogP contribution in [0, 0.1) is 5.82 Å². The van der Waals surface area contributed by atoms with Gasteiger partial charge < -0.3 is 10.5 Å². The topological polar surface area (TPSA) is 48.1 Å². The summed E-state index contributed by atoms with van der Waals surface area (Å²) in [6.45, 7) is 0.440. The molecule has 1 aliphatic heterocycles. The van der Waals surface area contributed by atoms with Crippen LogP contribution >= 0.6 is 0 Å². The van der Waals surface area contributed by atoms with E-state index < -0.39 is 0 Å². The molecular formula is C14H13FN2O. The summed E-state index contributed by atoms with van der Waals surface area (Å²) < 4.78 is 19.2. The molecule has 2 N–H and O–H groups in total. The van der Waals surface area contributed by atoms with E-state index in [4.69, 9.17) is 10.5 Å². The molecule has 1 atom stereocenters. The Labute approximate surface area is 104 Å². The Morgan fingerprint density at radius 2 is 2.22 bits per heavy atom. The molecule has 1 unspecified atom stereocenters. The zero-order valence-corrected chi connectivity index (χ0v) is 9.77. The Bertz CT molecular complexity index is 586. The van der Waals surface area contributed by atoms with Crippen molar-refractivity contribution in [2.75, 3.05) is 6.54 Å². The lowest BCUT2D eigenvalue weighted by atomic mass is 9.94. The largest absolute Gasteiger partial charge is 0.455 e. The molecule has 1 aliphatic rings. The quantitative estimate of drug-likeness (QED) is 0.838. The van der Waals surface area contributed by atoms with Crippen LogP contribution in [0.5, 0.6) is 11.5 Å². The van der Waals surface area contributed by atoms with Crippen molar-refractivity contribution in [1.29, 1.82) is 0 Å². The van der Waals surface area contributed by atoms with Crippen molar-refractivity contribution in [3.63, 3.8) is 0 Å². The van der Waals surface area contributed by atoms with E-state index in [2.05, 4.69) is 4.98 Å². The highest BCUT2D eigenvalue weighted by Gasteiger charge is 2.23. The molecule has 92 valence electrons. The first-order valence-corrected chi connectivity index (χ1v) is 5.89. The third-order valence-electron chi connectivity index (χ3n) is 3.20. The second-order valence-corrected chi connectivity index (χ2v) is 4.37. The summed E-state index contributed by atoms with van der Waals surface area (Å²) in [5.41, 5.74) is 7.47. The molecule has 1 aromatic carbocycles. The smallest absolute Gasteiger partial charge is 0.148 e. The van der Waals surface area contributed by atoms with Crippen LogP contribution in [0.1, 0.15) is 17.2 Å². The summed E-state index contributed by atoms with van der Waals surface area (Å²) in [5, 5.41) is 0. The highest BCUT2D eigenvalue weighted by Crippen LogP contribution is 2.38. The normalized spacial score (nSPS) is 17.3. The van der Waals surface area contributed by atoms with E-state index in [1.165, 1.54) is 12.1 Å². The number of rotatable bonds is 1. The van der Waals surface area contributed by atoms with Crippen LogP contribution in [-0.4, -0.2) is 11.5 Å². The van der Waals surface area contributed by atoms with Crippen LogP contribution < -0.4 is 10.5 Å². The molecule has 1 aromatic heterocycles. The number of hydrogen-bond donors (Lipinski definition) is 1. The summed E-state index contributed by atoms with van der Waals surface area (Å²) >= 11 is 0. The van der Waals surface area contributed by atoms with Gasteiger partial charge in [-0.1, -0.05) is 0 Å². The number of nitrogens with zero attached hydrogens (tertiary/aromatic N) is 1. The second kappa shape index (κ2) is 4.38. The fourth-order valence-corrected chi connectivity index (χ4v) is 2.27. The maximum Gasteiger partial charge on any atom is 0.148 e. The van der Waals surface area contributed by atoms with Gasteiger partial charge in [0.25, 0.3) is 0 Å². The van der Waals surface area contributed by atoms with Crippen molar-refractivity contribution in [1.82, 2.24) is 4.98 Å². The lowest BCUT2D eigenvalue weighted by Gasteiger charge is -2.13. The molecule has 3 rings (SSSR count). The van der Waals surface area contributed by atoms with Gasteiger partial charge in [-0.3, -0.25) is 4.98 Å². The van der Waals surface area contributed by atoms with E-state index in [0.29, 0.717) is 18.7 Å². The summed E-state index contributed by atoms with van der Waals surface area (Å²) in [6.07, 6.45) is 2.40. The minimum atomic E-state index is -0.269. The first-order chi connectivity index (χ1) is 8.78. The average molecular weight is 244 g/mol. The van der Waals surface area contributed by atoms with Crippen molar-refractivity contribution in [2.24, 2.45) is 5.73 Å². The number of benzene rings is 1. The Hall–Kier alpha value is -1.94. The molecule has 2 aromatic rings. The summed E-state index contributed by atoms with van der Waals surface area (Å²) in [7, 11) is 0. The van der Waals surface area contributed by atoms with E-state index in [1.807, 2.05) is 12.1 Å². The zero-order chi connectivity index (χ0) is 12.5. The predicted octanol–water partition coefficient (Wildman–Crippen LogP) is 2.61. The monoisotopic (exact) mass is 244 g/mol. The average Bonchev–Trinajstić information content (AvgIpc) is 2.54. The number of aromatic nitrogens is 1. The minimum absolute atomic E-state index is 0.0341. The number of hydrogen-bond acceptors (Lipinski definition) is 3. The molecule has 0 saturated carbocycles. The van der Waals surface area contributed by atoms with E-state index in [1.54, 1.807) is 12.3 Å². The van der Waals surface area contributed by atoms with Crippen LogP contribution in [-0.2, 0) is 6.42 Å². The molecule has 0 spiro atoms. The van der Waals surface area contributed by atoms with Gasteiger partial charge in [-0.2, -0.15) is 0 Å². The van der Waals surface area contributed by atoms with E-state index in [9.17, 15) is 4.39 Å². The lowest BCUT2D eigenvalue weighted by Crippen LogP contribution is -2.15. The number of fused-ring (bicyclic) bond motifs is 2. The Kier molecular flexibility index (Phi) is 2.72. The van der Waals surface area contributed by atoms with E-state index >= 15 is 0 Å². The summed E-state index contributed by atoms with van der Waals surface area (Å²) in [6, 6.07) is 8.24. The molecule has 0 fully saturated rings. The summed E-state index contributed by atoms with van der Waals surface area (Å²) in [5.74, 6) is 1.15. The maximum atomic E-state index is 13.4. The van der Waals surface area contributed by atoms with Gasteiger partial charge >= 0.3 is 0 Å². The van der Waals surface area contributed by atoms with Crippen LogP contribution in [0.2, 0.25) is 0 Å². The zero-order valence-electron chi connectivity index (χ0n) is 9.77. The Morgan fingerprint density at radius 3 is 3.06 bits per heavy atom. The molecule has 2 heterocycles. The van der Waals surface area contributed by atoms with Crippen LogP contribution in [0.25, 0.3) is 0 Å². The first-order valence-electron chi connectivity index (χ1n) is 5.89. The number of halogens is 1. The van der Waals surface area contributed by atoms with Crippen molar-refractivity contribution < 1.29 is 9.13 Å². The van der Waals surface area contributed by atoms with Crippen LogP contribution in [0.4, 0.5) is 4.39 Å². The van der Waals surface area contributed by atoms with Crippen LogP contribution in [0.3, 0.4) is 0 Å². The van der Waals surface area contributed by atoms with Gasteiger partial charge in [0.1, 0.15) is 17.3 Å². The summed E-state index contributed by atoms with van der Waals surface area (Å²) in [4.78, 5) is 4.31. The fourth-order valence-electron chi connectivity index (χ4n) is 2.27. The van der Waals surface area contributed by atoms with Crippen molar-refractivity contribution in [2.45, 2.75) is 12.3 Å². The van der Waals surface area contributed by atoms with Gasteiger partial charge in [0, 0.05) is 24.1 Å². The van der Waals surface area contributed by atoms with Crippen LogP contribution in [0.15, 0.2) is 36.5 Å². The van der Waals surface area contributed by atoms with Crippen molar-refractivity contribution >= 4 is 0 Å². The highest BCUT2D eigenvalue weighted by atomic mass is 19.1. The fraction of sp³-hybridized carbons (Fsp3) is 0.214. The number of nitrogens with two attached hydrogens (primary N) is 1. The Balaban J connectivity index is 2.14. The molecule has 0 radical (unpaired) electrons. The van der Waals surface area contributed by atoms with E-state index in [0.717, 1.165) is 17.0 Å². The molecule has 0 aliphatic carbocycles. The second-order valence-electron chi connectivity index (χ2n) is 4.37. The Morgan fingerprint density at radius 1 is 1.33 bits per heavy atom. The van der Waals surface area contributed by atoms with Gasteiger partial charge in [0.15, 0.2) is 0 Å². The number of ether oxygens (including phenoxy) is 1. The molecule has 4 heteroatoms. The SMILES string of the molecule is NCC1Cc2ncccc2Oc2ccc(F)cc21. The number of pyridine rings is 1. The van der Waals surface area contributed by atoms with E-state index in [-0.39, 0.29) is 11.7 Å². The third kappa shape index (κ3) is 1.84. The molecule has 0 bridgehead atoms. The molecule has 0 amide bonds. The lowest BCUT2D eigenvalue weighted by molar-refractivity contribution is 0.473. The standard InChI is InChI=1S/C14H13FN2O/c15-10-3-4-13-11(7-10)9(8-16)6-12-14(18-13)2-1-5-17-12/h1-5,7,9H,6,8,16H2. The minimum Gasteiger partial charge on any atom is -0.455 e. The first kappa shape index (κ1) is 11.2. The van der Waals surface area contributed by atoms with Gasteiger partial charge in [0.2, 0.25) is 0 Å². The van der Waals surface area contributed by atoms with Gasteiger partial charge in [-0.05, 0) is 36.9 Å². The maximum absolute atomic E-state index is 13.4. The highest BCUT2D eigenvalue weighted by molar-refractivity contribution is 5.45. The third-order valence-corrected chi connectivity index (χ3v) is 3.20. The molecule has 0 saturated heterocycles. The van der Waals surface area contributed by atoms with Crippen molar-refractivity contribution in [3.05, 3.63) is 53.6 Å². The molecule has 18 heavy (non-hydrogen) atoms. The predicted molar refractivity (Wildman–Crippen MR) is 66.2 cm³/mol. The van der Waals surface area contributed by atoms with Gasteiger partial charge in [-0.15, -0.1) is 0 Å². The van der Waals surface area contributed by atoms with Gasteiger partial charge in [-0.25, -0.2) is 4.39 Å². The van der Waals surface area contributed by atoms with Gasteiger partial charge in [0.05, 0.1) is 5.69 Å². The van der Waals surface area contributed by atoms with Crippen molar-refractivity contribution in [3.8, 4) is 11.5 Å². The molecule has 3 nitrogen and oxygen atoms in total.